The maximum absolute atomic E-state index is 12.3. The van der Waals surface area contributed by atoms with Crippen molar-refractivity contribution in [2.45, 2.75) is 57.7 Å². The van der Waals surface area contributed by atoms with Crippen LogP contribution in [-0.2, 0) is 11.3 Å². The quantitative estimate of drug-likeness (QED) is 0.565. The van der Waals surface area contributed by atoms with E-state index < -0.39 is 0 Å². The van der Waals surface area contributed by atoms with Crippen molar-refractivity contribution in [2.75, 3.05) is 31.6 Å². The summed E-state index contributed by atoms with van der Waals surface area (Å²) in [6.07, 6.45) is 8.49. The number of hydrogen-bond acceptors (Lipinski definition) is 7. The van der Waals surface area contributed by atoms with Crippen LogP contribution in [0.25, 0.3) is 0 Å². The Balaban J connectivity index is 1.09. The molecule has 1 aliphatic heterocycles. The molecule has 1 aliphatic carbocycles. The van der Waals surface area contributed by atoms with Crippen molar-refractivity contribution in [1.82, 2.24) is 20.2 Å². The lowest BCUT2D eigenvalue weighted by Crippen LogP contribution is -2.42. The Morgan fingerprint density at radius 2 is 1.85 bits per heavy atom. The number of hydrogen-bond donors (Lipinski definition) is 2. The third kappa shape index (κ3) is 7.60. The van der Waals surface area contributed by atoms with Crippen LogP contribution < -0.4 is 15.4 Å². The van der Waals surface area contributed by atoms with Crippen molar-refractivity contribution >= 4 is 12.0 Å². The van der Waals surface area contributed by atoms with Crippen LogP contribution in [-0.4, -0.2) is 59.3 Å². The molecule has 1 aromatic heterocycles. The number of rotatable bonds is 10. The van der Waals surface area contributed by atoms with Gasteiger partial charge in [-0.1, -0.05) is 36.8 Å². The van der Waals surface area contributed by atoms with Gasteiger partial charge in [-0.3, -0.25) is 4.90 Å². The first-order valence-corrected chi connectivity index (χ1v) is 12.1. The highest BCUT2D eigenvalue weighted by molar-refractivity contribution is 5.67. The maximum Gasteiger partial charge on any atom is 0.407 e. The molecular formula is C25H35N5O3. The first-order chi connectivity index (χ1) is 16.1. The number of carbonyl (C=O) groups excluding carboxylic acids is 1. The topological polar surface area (TPSA) is 88.6 Å². The molecule has 2 aromatic rings. The molecule has 2 heterocycles. The summed E-state index contributed by atoms with van der Waals surface area (Å²) in [6, 6.07) is 10.3. The molecule has 2 fully saturated rings. The molecule has 1 aromatic carbocycles. The van der Waals surface area contributed by atoms with Gasteiger partial charge in [0.2, 0.25) is 5.95 Å². The van der Waals surface area contributed by atoms with Crippen LogP contribution in [0, 0.1) is 5.92 Å². The van der Waals surface area contributed by atoms with Crippen molar-refractivity contribution in [3.8, 4) is 5.75 Å². The molecule has 8 nitrogen and oxygen atoms in total. The van der Waals surface area contributed by atoms with Gasteiger partial charge >= 0.3 is 6.09 Å². The highest BCUT2D eigenvalue weighted by Crippen LogP contribution is 2.26. The number of aromatic nitrogens is 2. The molecule has 1 saturated carbocycles. The number of carbonyl (C=O) groups is 1. The molecule has 0 spiro atoms. The summed E-state index contributed by atoms with van der Waals surface area (Å²) >= 11 is 0. The monoisotopic (exact) mass is 453 g/mol. The molecule has 2 aliphatic rings. The van der Waals surface area contributed by atoms with Crippen molar-refractivity contribution in [3.63, 3.8) is 0 Å². The zero-order chi connectivity index (χ0) is 22.9. The van der Waals surface area contributed by atoms with Crippen LogP contribution in [0.2, 0.25) is 0 Å². The van der Waals surface area contributed by atoms with Crippen LogP contribution in [0.1, 0.15) is 44.6 Å². The van der Waals surface area contributed by atoms with E-state index >= 15 is 0 Å². The fraction of sp³-hybridized carbons (Fsp3) is 0.560. The summed E-state index contributed by atoms with van der Waals surface area (Å²) in [5, 5.41) is 6.03. The lowest BCUT2D eigenvalue weighted by Gasteiger charge is -2.31. The number of nitrogens with zero attached hydrogens (tertiary/aromatic N) is 3. The predicted molar refractivity (Wildman–Crippen MR) is 127 cm³/mol. The average Bonchev–Trinajstić information content (AvgIpc) is 2.79. The van der Waals surface area contributed by atoms with E-state index in [0.717, 1.165) is 39.1 Å². The summed E-state index contributed by atoms with van der Waals surface area (Å²) in [5.41, 5.74) is 1.32. The SMILES string of the molecule is C[C@H](CNc1ncc(OCC2CCC2)cn1)NC(=O)OC1CCN(Cc2ccccc2)CC1. The summed E-state index contributed by atoms with van der Waals surface area (Å²) in [6.45, 7) is 5.98. The Kier molecular flexibility index (Phi) is 8.35. The lowest BCUT2D eigenvalue weighted by atomic mass is 9.86. The zero-order valence-electron chi connectivity index (χ0n) is 19.4. The van der Waals surface area contributed by atoms with Crippen LogP contribution in [0.15, 0.2) is 42.7 Å². The smallest absolute Gasteiger partial charge is 0.407 e. The fourth-order valence-electron chi connectivity index (χ4n) is 4.06. The second-order valence-corrected chi connectivity index (χ2v) is 9.14. The highest BCUT2D eigenvalue weighted by atomic mass is 16.6. The molecular weight excluding hydrogens is 418 g/mol. The van der Waals surface area contributed by atoms with Gasteiger partial charge in [0.05, 0.1) is 19.0 Å². The summed E-state index contributed by atoms with van der Waals surface area (Å²) in [5.74, 6) is 1.88. The predicted octanol–water partition coefficient (Wildman–Crippen LogP) is 3.85. The third-order valence-electron chi connectivity index (χ3n) is 6.33. The summed E-state index contributed by atoms with van der Waals surface area (Å²) < 4.78 is 11.4. The van der Waals surface area contributed by atoms with Crippen molar-refractivity contribution < 1.29 is 14.3 Å². The van der Waals surface area contributed by atoms with E-state index in [1.807, 2.05) is 13.0 Å². The molecule has 33 heavy (non-hydrogen) atoms. The van der Waals surface area contributed by atoms with E-state index in [2.05, 4.69) is 49.8 Å². The normalized spacial score (nSPS) is 18.2. The van der Waals surface area contributed by atoms with E-state index in [4.69, 9.17) is 9.47 Å². The Morgan fingerprint density at radius 3 is 2.52 bits per heavy atom. The molecule has 0 unspecified atom stereocenters. The second kappa shape index (κ2) is 11.8. The molecule has 8 heteroatoms. The molecule has 178 valence electrons. The van der Waals surface area contributed by atoms with Gasteiger partial charge in [0, 0.05) is 32.2 Å². The van der Waals surface area contributed by atoms with Crippen LogP contribution in [0.5, 0.6) is 5.75 Å². The minimum absolute atomic E-state index is 0.0343. The van der Waals surface area contributed by atoms with Gasteiger partial charge in [-0.25, -0.2) is 14.8 Å². The zero-order valence-corrected chi connectivity index (χ0v) is 19.4. The van der Waals surface area contributed by atoms with Gasteiger partial charge < -0.3 is 20.1 Å². The molecule has 1 amide bonds. The van der Waals surface area contributed by atoms with Gasteiger partial charge in [-0.15, -0.1) is 0 Å². The lowest BCUT2D eigenvalue weighted by molar-refractivity contribution is 0.0475. The number of amides is 1. The Morgan fingerprint density at radius 1 is 1.12 bits per heavy atom. The summed E-state index contributed by atoms with van der Waals surface area (Å²) in [7, 11) is 0. The van der Waals surface area contributed by atoms with E-state index in [-0.39, 0.29) is 18.2 Å². The van der Waals surface area contributed by atoms with Crippen molar-refractivity contribution in [3.05, 3.63) is 48.3 Å². The average molecular weight is 454 g/mol. The van der Waals surface area contributed by atoms with Gasteiger partial charge in [0.25, 0.3) is 0 Å². The first-order valence-electron chi connectivity index (χ1n) is 12.1. The van der Waals surface area contributed by atoms with Crippen molar-refractivity contribution in [1.29, 1.82) is 0 Å². The van der Waals surface area contributed by atoms with Crippen molar-refractivity contribution in [2.24, 2.45) is 5.92 Å². The number of nitrogens with one attached hydrogen (secondary N) is 2. The van der Waals surface area contributed by atoms with Crippen LogP contribution >= 0.6 is 0 Å². The third-order valence-corrected chi connectivity index (χ3v) is 6.33. The van der Waals surface area contributed by atoms with E-state index in [0.29, 0.717) is 24.2 Å². The number of alkyl carbamates (subject to hydrolysis) is 1. The molecule has 2 N–H and O–H groups in total. The van der Waals surface area contributed by atoms with Gasteiger partial charge in [-0.2, -0.15) is 0 Å². The highest BCUT2D eigenvalue weighted by Gasteiger charge is 2.23. The second-order valence-electron chi connectivity index (χ2n) is 9.14. The maximum atomic E-state index is 12.3. The van der Waals surface area contributed by atoms with Gasteiger partial charge in [0.1, 0.15) is 6.10 Å². The van der Waals surface area contributed by atoms with E-state index in [9.17, 15) is 4.79 Å². The molecule has 1 atom stereocenters. The summed E-state index contributed by atoms with van der Waals surface area (Å²) in [4.78, 5) is 23.3. The van der Waals surface area contributed by atoms with E-state index in [1.54, 1.807) is 12.4 Å². The minimum Gasteiger partial charge on any atom is -0.490 e. The Bertz CT molecular complexity index is 852. The number of anilines is 1. The van der Waals surface area contributed by atoms with Crippen LogP contribution in [0.3, 0.4) is 0 Å². The van der Waals surface area contributed by atoms with Gasteiger partial charge in [-0.05, 0) is 44.1 Å². The molecule has 4 rings (SSSR count). The Labute approximate surface area is 196 Å². The minimum atomic E-state index is -0.369. The number of likely N-dealkylation sites (tertiary alicyclic amines) is 1. The molecule has 0 radical (unpaired) electrons. The first kappa shape index (κ1) is 23.3. The Hall–Kier alpha value is -2.87. The number of benzene rings is 1. The van der Waals surface area contributed by atoms with Gasteiger partial charge in [0.15, 0.2) is 5.75 Å². The number of ether oxygens (including phenoxy) is 2. The molecule has 1 saturated heterocycles. The standard InChI is InChI=1S/C25H35N5O3/c1-19(14-26-24-27-15-23(16-28-24)32-18-21-8-5-9-21)29-25(31)33-22-10-12-30(13-11-22)17-20-6-3-2-4-7-20/h2-4,6-7,15-16,19,21-22H,5,8-14,17-18H2,1H3,(H,29,31)(H,26,27,28)/t19-/m1/s1. The largest absolute Gasteiger partial charge is 0.490 e. The van der Waals surface area contributed by atoms with Crippen LogP contribution in [0.4, 0.5) is 10.7 Å². The van der Waals surface area contributed by atoms with E-state index in [1.165, 1.54) is 24.8 Å². The molecule has 0 bridgehead atoms. The number of piperidine rings is 1. The fourth-order valence-corrected chi connectivity index (χ4v) is 4.06.